The average Bonchev–Trinajstić information content (AvgIpc) is 2.83. The van der Waals surface area contributed by atoms with Gasteiger partial charge in [0.1, 0.15) is 23.5 Å². The third-order valence-electron chi connectivity index (χ3n) is 5.16. The van der Waals surface area contributed by atoms with Crippen molar-refractivity contribution in [2.75, 3.05) is 5.32 Å². The fraction of sp³-hybridized carbons (Fsp3) is 0.0400. The maximum absolute atomic E-state index is 14.0. The lowest BCUT2D eigenvalue weighted by atomic mass is 9.97. The number of pyridine rings is 1. The molecule has 0 radical (unpaired) electrons. The number of nitrogens with one attached hydrogen (secondary N) is 1. The fourth-order valence-electron chi connectivity index (χ4n) is 3.43. The summed E-state index contributed by atoms with van der Waals surface area (Å²) in [4.78, 5) is 4.56. The lowest BCUT2D eigenvalue weighted by Crippen LogP contribution is -2.11. The van der Waals surface area contributed by atoms with Crippen LogP contribution in [0.2, 0.25) is 0 Å². The van der Waals surface area contributed by atoms with Gasteiger partial charge in [-0.15, -0.1) is 0 Å². The van der Waals surface area contributed by atoms with Gasteiger partial charge in [-0.05, 0) is 54.1 Å². The molecule has 0 saturated carbocycles. The molecule has 4 aromatic rings. The van der Waals surface area contributed by atoms with Gasteiger partial charge in [-0.1, -0.05) is 30.3 Å². The second-order valence-electron chi connectivity index (χ2n) is 7.41. The van der Waals surface area contributed by atoms with E-state index in [9.17, 15) is 22.5 Å². The summed E-state index contributed by atoms with van der Waals surface area (Å²) in [5.41, 5.74) is 2.72. The van der Waals surface area contributed by atoms with E-state index in [0.29, 0.717) is 27.9 Å². The number of sulfonamides is 1. The SMILES string of the molecule is N#Cc1cc(-c2ccc(S(N)(=O)=O)cc2)c(-c2ccc(F)cc2)nc1NCc1ccccc1F. The zero-order chi connectivity index (χ0) is 24.3. The van der Waals surface area contributed by atoms with E-state index >= 15 is 0 Å². The van der Waals surface area contributed by atoms with Gasteiger partial charge >= 0.3 is 0 Å². The topological polar surface area (TPSA) is 109 Å². The summed E-state index contributed by atoms with van der Waals surface area (Å²) in [5, 5.41) is 17.9. The zero-order valence-corrected chi connectivity index (χ0v) is 18.5. The summed E-state index contributed by atoms with van der Waals surface area (Å²) in [6.45, 7) is 0.0968. The van der Waals surface area contributed by atoms with Gasteiger partial charge in [-0.25, -0.2) is 27.3 Å². The van der Waals surface area contributed by atoms with Crippen LogP contribution in [-0.2, 0) is 16.6 Å². The van der Waals surface area contributed by atoms with Crippen LogP contribution in [0.1, 0.15) is 11.1 Å². The van der Waals surface area contributed by atoms with Gasteiger partial charge in [0.25, 0.3) is 0 Å². The van der Waals surface area contributed by atoms with Crippen LogP contribution in [0.15, 0.2) is 83.8 Å². The number of primary sulfonamides is 1. The number of nitrogens with two attached hydrogens (primary N) is 1. The molecule has 0 bridgehead atoms. The van der Waals surface area contributed by atoms with E-state index in [1.807, 2.05) is 0 Å². The fourth-order valence-corrected chi connectivity index (χ4v) is 3.94. The molecule has 0 aliphatic rings. The average molecular weight is 477 g/mol. The van der Waals surface area contributed by atoms with Crippen LogP contribution in [0.4, 0.5) is 14.6 Å². The summed E-state index contributed by atoms with van der Waals surface area (Å²) in [5.74, 6) is -0.580. The molecule has 0 spiro atoms. The summed E-state index contributed by atoms with van der Waals surface area (Å²) < 4.78 is 50.8. The van der Waals surface area contributed by atoms with E-state index in [0.717, 1.165) is 0 Å². The molecule has 1 heterocycles. The molecule has 1 aromatic heterocycles. The maximum atomic E-state index is 14.0. The monoisotopic (exact) mass is 476 g/mol. The second kappa shape index (κ2) is 9.39. The highest BCUT2D eigenvalue weighted by molar-refractivity contribution is 7.89. The first kappa shape index (κ1) is 23.0. The number of rotatable bonds is 6. The van der Waals surface area contributed by atoms with Gasteiger partial charge in [0.15, 0.2) is 0 Å². The molecule has 3 N–H and O–H groups in total. The third-order valence-corrected chi connectivity index (χ3v) is 6.09. The van der Waals surface area contributed by atoms with Crippen LogP contribution in [0, 0.1) is 23.0 Å². The van der Waals surface area contributed by atoms with Crippen molar-refractivity contribution in [1.82, 2.24) is 4.98 Å². The Morgan fingerprint density at radius 3 is 2.21 bits per heavy atom. The van der Waals surface area contributed by atoms with Gasteiger partial charge in [0, 0.05) is 23.2 Å². The van der Waals surface area contributed by atoms with Crippen LogP contribution < -0.4 is 10.5 Å². The van der Waals surface area contributed by atoms with Crippen molar-refractivity contribution in [1.29, 1.82) is 5.26 Å². The van der Waals surface area contributed by atoms with Crippen LogP contribution in [0.5, 0.6) is 0 Å². The van der Waals surface area contributed by atoms with Crippen molar-refractivity contribution >= 4 is 15.8 Å². The molecule has 0 fully saturated rings. The Labute approximate surface area is 195 Å². The zero-order valence-electron chi connectivity index (χ0n) is 17.7. The van der Waals surface area contributed by atoms with Crippen molar-refractivity contribution in [2.24, 2.45) is 5.14 Å². The summed E-state index contributed by atoms with van der Waals surface area (Å²) in [6.07, 6.45) is 0. The third kappa shape index (κ3) is 4.93. The standard InChI is InChI=1S/C25H18F2N4O2S/c26-20-9-5-17(6-10-20)24-22(16-7-11-21(12-8-16)34(29,32)33)13-19(14-28)25(31-24)30-15-18-3-1-2-4-23(18)27/h1-13H,15H2,(H,30,31)(H2,29,32,33). The Kier molecular flexibility index (Phi) is 6.36. The number of aromatic nitrogens is 1. The molecule has 9 heteroatoms. The summed E-state index contributed by atoms with van der Waals surface area (Å²) in [7, 11) is -3.88. The van der Waals surface area contributed by atoms with Crippen molar-refractivity contribution in [2.45, 2.75) is 11.4 Å². The van der Waals surface area contributed by atoms with Crippen LogP contribution in [-0.4, -0.2) is 13.4 Å². The first-order valence-corrected chi connectivity index (χ1v) is 11.6. The first-order chi connectivity index (χ1) is 16.3. The number of halogens is 2. The quantitative estimate of drug-likeness (QED) is 0.415. The van der Waals surface area contributed by atoms with Gasteiger partial charge in [0.05, 0.1) is 16.2 Å². The van der Waals surface area contributed by atoms with E-state index in [4.69, 9.17) is 5.14 Å². The molecule has 170 valence electrons. The maximum Gasteiger partial charge on any atom is 0.238 e. The molecule has 0 saturated heterocycles. The molecule has 0 unspecified atom stereocenters. The normalized spacial score (nSPS) is 11.1. The minimum atomic E-state index is -3.88. The molecule has 4 rings (SSSR count). The largest absolute Gasteiger partial charge is 0.365 e. The van der Waals surface area contributed by atoms with E-state index < -0.39 is 15.8 Å². The number of hydrogen-bond acceptors (Lipinski definition) is 5. The molecule has 0 atom stereocenters. The van der Waals surface area contributed by atoms with Gasteiger partial charge < -0.3 is 5.32 Å². The van der Waals surface area contributed by atoms with E-state index in [-0.39, 0.29) is 28.6 Å². The smallest absolute Gasteiger partial charge is 0.238 e. The first-order valence-electron chi connectivity index (χ1n) is 10.1. The Hall–Kier alpha value is -4.13. The molecular weight excluding hydrogens is 458 g/mol. The van der Waals surface area contributed by atoms with Crippen molar-refractivity contribution in [3.05, 3.63) is 102 Å². The highest BCUT2D eigenvalue weighted by Crippen LogP contribution is 2.34. The highest BCUT2D eigenvalue weighted by Gasteiger charge is 2.17. The Morgan fingerprint density at radius 1 is 0.941 bits per heavy atom. The van der Waals surface area contributed by atoms with Crippen molar-refractivity contribution in [3.8, 4) is 28.5 Å². The number of nitrogens with zero attached hydrogens (tertiary/aromatic N) is 2. The number of nitriles is 1. The number of benzene rings is 3. The molecule has 0 aliphatic carbocycles. The van der Waals surface area contributed by atoms with Gasteiger partial charge in [-0.3, -0.25) is 0 Å². The number of hydrogen-bond donors (Lipinski definition) is 2. The molecule has 0 aliphatic heterocycles. The molecular formula is C25H18F2N4O2S. The van der Waals surface area contributed by atoms with E-state index in [2.05, 4.69) is 16.4 Å². The molecule has 0 amide bonds. The predicted octanol–water partition coefficient (Wildman–Crippen LogP) is 4.82. The van der Waals surface area contributed by atoms with Crippen LogP contribution in [0.25, 0.3) is 22.4 Å². The highest BCUT2D eigenvalue weighted by atomic mass is 32.2. The van der Waals surface area contributed by atoms with Gasteiger partial charge in [0.2, 0.25) is 10.0 Å². The Balaban J connectivity index is 1.83. The molecule has 34 heavy (non-hydrogen) atoms. The lowest BCUT2D eigenvalue weighted by Gasteiger charge is -2.15. The summed E-state index contributed by atoms with van der Waals surface area (Å²) in [6, 6.07) is 21.4. The summed E-state index contributed by atoms with van der Waals surface area (Å²) >= 11 is 0. The number of anilines is 1. The Morgan fingerprint density at radius 2 is 1.59 bits per heavy atom. The van der Waals surface area contributed by atoms with E-state index in [1.54, 1.807) is 48.5 Å². The van der Waals surface area contributed by atoms with Gasteiger partial charge in [-0.2, -0.15) is 5.26 Å². The Bertz CT molecular complexity index is 1500. The molecule has 6 nitrogen and oxygen atoms in total. The van der Waals surface area contributed by atoms with Crippen LogP contribution >= 0.6 is 0 Å². The minimum absolute atomic E-state index is 0.0591. The second-order valence-corrected chi connectivity index (χ2v) is 8.98. The predicted molar refractivity (Wildman–Crippen MR) is 125 cm³/mol. The van der Waals surface area contributed by atoms with Crippen LogP contribution in [0.3, 0.4) is 0 Å². The lowest BCUT2D eigenvalue weighted by molar-refractivity contribution is 0.598. The van der Waals surface area contributed by atoms with Crippen molar-refractivity contribution < 1.29 is 17.2 Å². The van der Waals surface area contributed by atoms with E-state index in [1.165, 1.54) is 30.3 Å². The minimum Gasteiger partial charge on any atom is -0.365 e. The molecule has 3 aromatic carbocycles. The van der Waals surface area contributed by atoms with Crippen molar-refractivity contribution in [3.63, 3.8) is 0 Å².